The molecular weight excluding hydrogens is 259 g/mol. The van der Waals surface area contributed by atoms with Crippen LogP contribution in [-0.2, 0) is 0 Å². The predicted molar refractivity (Wildman–Crippen MR) is 73.4 cm³/mol. The average Bonchev–Trinajstić information content (AvgIpc) is 2.29. The summed E-state index contributed by atoms with van der Waals surface area (Å²) >= 11 is 7.72. The van der Waals surface area contributed by atoms with Crippen molar-refractivity contribution in [1.82, 2.24) is 0 Å². The number of rotatable bonds is 3. The minimum Gasteiger partial charge on any atom is -0.377 e. The molecule has 1 atom stereocenters. The summed E-state index contributed by atoms with van der Waals surface area (Å²) in [5, 5.41) is 3.76. The normalized spacial score (nSPS) is 24.6. The monoisotopic (exact) mass is 274 g/mol. The zero-order chi connectivity index (χ0) is 12.3. The Labute approximate surface area is 110 Å². The van der Waals surface area contributed by atoms with Crippen LogP contribution in [0.4, 0.5) is 10.1 Å². The van der Waals surface area contributed by atoms with Gasteiger partial charge in [-0.15, -0.1) is 0 Å². The van der Waals surface area contributed by atoms with E-state index < -0.39 is 0 Å². The lowest BCUT2D eigenvalue weighted by Crippen LogP contribution is -2.49. The lowest BCUT2D eigenvalue weighted by molar-refractivity contribution is 0.475. The zero-order valence-corrected chi connectivity index (χ0v) is 11.1. The molecule has 0 saturated carbocycles. The molecule has 2 nitrogen and oxygen atoms in total. The second-order valence-electron chi connectivity index (χ2n) is 4.42. The third-order valence-electron chi connectivity index (χ3n) is 2.99. The van der Waals surface area contributed by atoms with Gasteiger partial charge in [-0.25, -0.2) is 4.39 Å². The fourth-order valence-corrected chi connectivity index (χ4v) is 3.53. The van der Waals surface area contributed by atoms with Crippen molar-refractivity contribution in [3.05, 3.63) is 29.0 Å². The summed E-state index contributed by atoms with van der Waals surface area (Å²) in [6.45, 7) is 0.550. The molecule has 94 valence electrons. The summed E-state index contributed by atoms with van der Waals surface area (Å²) in [5.41, 5.74) is 6.45. The van der Waals surface area contributed by atoms with Gasteiger partial charge in [0.25, 0.3) is 0 Å². The quantitative estimate of drug-likeness (QED) is 0.889. The molecule has 1 aromatic carbocycles. The third kappa shape index (κ3) is 3.27. The van der Waals surface area contributed by atoms with E-state index in [1.54, 1.807) is 6.07 Å². The molecule has 1 unspecified atom stereocenters. The Morgan fingerprint density at radius 2 is 2.29 bits per heavy atom. The molecule has 1 saturated heterocycles. The van der Waals surface area contributed by atoms with E-state index in [-0.39, 0.29) is 11.4 Å². The van der Waals surface area contributed by atoms with E-state index in [1.165, 1.54) is 17.9 Å². The van der Waals surface area contributed by atoms with E-state index in [9.17, 15) is 4.39 Å². The molecule has 3 N–H and O–H groups in total. The van der Waals surface area contributed by atoms with Crippen LogP contribution in [0.3, 0.4) is 0 Å². The molecule has 0 radical (unpaired) electrons. The van der Waals surface area contributed by atoms with Crippen LogP contribution in [0.15, 0.2) is 18.2 Å². The second-order valence-corrected chi connectivity index (χ2v) is 5.97. The highest BCUT2D eigenvalue weighted by atomic mass is 35.5. The smallest absolute Gasteiger partial charge is 0.126 e. The molecule has 1 aliphatic heterocycles. The van der Waals surface area contributed by atoms with E-state index in [4.69, 9.17) is 17.3 Å². The van der Waals surface area contributed by atoms with Gasteiger partial charge in [-0.3, -0.25) is 0 Å². The predicted octanol–water partition coefficient (Wildman–Crippen LogP) is 3.12. The van der Waals surface area contributed by atoms with Crippen molar-refractivity contribution in [2.24, 2.45) is 5.73 Å². The Morgan fingerprint density at radius 1 is 1.47 bits per heavy atom. The van der Waals surface area contributed by atoms with Gasteiger partial charge in [0.05, 0.1) is 5.54 Å². The summed E-state index contributed by atoms with van der Waals surface area (Å²) in [6, 6.07) is 4.50. The number of nitrogens with two attached hydrogens (primary N) is 1. The van der Waals surface area contributed by atoms with Crippen molar-refractivity contribution in [2.75, 3.05) is 23.4 Å². The number of thioether (sulfide) groups is 1. The van der Waals surface area contributed by atoms with Crippen LogP contribution in [0.2, 0.25) is 5.02 Å². The van der Waals surface area contributed by atoms with Gasteiger partial charge < -0.3 is 11.1 Å². The Morgan fingerprint density at radius 3 is 2.88 bits per heavy atom. The van der Waals surface area contributed by atoms with E-state index in [0.717, 1.165) is 18.6 Å². The SMILES string of the molecule is NCC1(Nc2cc(F)cc(Cl)c2)CCCSC1. The van der Waals surface area contributed by atoms with Crippen molar-refractivity contribution in [3.63, 3.8) is 0 Å². The van der Waals surface area contributed by atoms with Crippen molar-refractivity contribution >= 4 is 29.1 Å². The summed E-state index contributed by atoms with van der Waals surface area (Å²) in [6.07, 6.45) is 2.16. The van der Waals surface area contributed by atoms with Crippen LogP contribution in [-0.4, -0.2) is 23.6 Å². The van der Waals surface area contributed by atoms with Crippen LogP contribution >= 0.6 is 23.4 Å². The highest BCUT2D eigenvalue weighted by Gasteiger charge is 2.30. The van der Waals surface area contributed by atoms with E-state index >= 15 is 0 Å². The van der Waals surface area contributed by atoms with Crippen LogP contribution in [0.25, 0.3) is 0 Å². The summed E-state index contributed by atoms with van der Waals surface area (Å²) in [5.74, 6) is 1.81. The van der Waals surface area contributed by atoms with Crippen LogP contribution in [0.5, 0.6) is 0 Å². The second kappa shape index (κ2) is 5.46. The van der Waals surface area contributed by atoms with Crippen LogP contribution in [0, 0.1) is 5.82 Å². The number of hydrogen-bond donors (Lipinski definition) is 2. The van der Waals surface area contributed by atoms with Gasteiger partial charge >= 0.3 is 0 Å². The first-order valence-corrected chi connectivity index (χ1v) is 7.19. The summed E-state index contributed by atoms with van der Waals surface area (Å²) in [4.78, 5) is 0. The Hall–Kier alpha value is -0.450. The maximum atomic E-state index is 13.3. The van der Waals surface area contributed by atoms with E-state index in [0.29, 0.717) is 17.3 Å². The van der Waals surface area contributed by atoms with Crippen molar-refractivity contribution < 1.29 is 4.39 Å². The number of halogens is 2. The number of nitrogens with one attached hydrogen (secondary N) is 1. The first kappa shape index (κ1) is 13.0. The minimum atomic E-state index is -0.323. The first-order valence-electron chi connectivity index (χ1n) is 5.66. The van der Waals surface area contributed by atoms with E-state index in [1.807, 2.05) is 11.8 Å². The number of anilines is 1. The van der Waals surface area contributed by atoms with Gasteiger partial charge in [0.15, 0.2) is 0 Å². The molecule has 0 bridgehead atoms. The van der Waals surface area contributed by atoms with Gasteiger partial charge in [-0.2, -0.15) is 11.8 Å². The van der Waals surface area contributed by atoms with Gasteiger partial charge in [0.1, 0.15) is 5.82 Å². The fourth-order valence-electron chi connectivity index (χ4n) is 2.10. The highest BCUT2D eigenvalue weighted by Crippen LogP contribution is 2.30. The summed E-state index contributed by atoms with van der Waals surface area (Å²) < 4.78 is 13.3. The Bertz CT molecular complexity index is 374. The molecule has 1 fully saturated rings. The van der Waals surface area contributed by atoms with E-state index in [2.05, 4.69) is 5.32 Å². The van der Waals surface area contributed by atoms with Crippen molar-refractivity contribution in [3.8, 4) is 0 Å². The number of hydrogen-bond acceptors (Lipinski definition) is 3. The summed E-state index contributed by atoms with van der Waals surface area (Å²) in [7, 11) is 0. The van der Waals surface area contributed by atoms with Gasteiger partial charge in [0, 0.05) is 23.0 Å². The fraction of sp³-hybridized carbons (Fsp3) is 0.500. The van der Waals surface area contributed by atoms with Gasteiger partial charge in [-0.1, -0.05) is 11.6 Å². The van der Waals surface area contributed by atoms with Crippen LogP contribution < -0.4 is 11.1 Å². The molecule has 0 aromatic heterocycles. The Kier molecular flexibility index (Phi) is 4.17. The van der Waals surface area contributed by atoms with Crippen molar-refractivity contribution in [2.45, 2.75) is 18.4 Å². The third-order valence-corrected chi connectivity index (χ3v) is 4.54. The molecule has 1 aliphatic rings. The molecule has 17 heavy (non-hydrogen) atoms. The first-order chi connectivity index (χ1) is 8.13. The molecule has 0 aliphatic carbocycles. The standard InChI is InChI=1S/C12H16ClFN2S/c13-9-4-10(14)6-11(5-9)16-12(7-15)2-1-3-17-8-12/h4-6,16H,1-3,7-8,15H2. The van der Waals surface area contributed by atoms with Crippen LogP contribution in [0.1, 0.15) is 12.8 Å². The van der Waals surface area contributed by atoms with Gasteiger partial charge in [0.2, 0.25) is 0 Å². The Balaban J connectivity index is 2.17. The van der Waals surface area contributed by atoms with Gasteiger partial charge in [-0.05, 0) is 36.8 Å². The maximum absolute atomic E-state index is 13.3. The largest absolute Gasteiger partial charge is 0.377 e. The molecule has 2 rings (SSSR count). The minimum absolute atomic E-state index is 0.125. The molecule has 0 spiro atoms. The lowest BCUT2D eigenvalue weighted by Gasteiger charge is -2.37. The molecule has 1 heterocycles. The molecule has 0 amide bonds. The molecule has 5 heteroatoms. The maximum Gasteiger partial charge on any atom is 0.126 e. The highest BCUT2D eigenvalue weighted by molar-refractivity contribution is 7.99. The molecule has 1 aromatic rings. The average molecular weight is 275 g/mol. The topological polar surface area (TPSA) is 38.0 Å². The lowest BCUT2D eigenvalue weighted by atomic mass is 9.95. The molecular formula is C12H16ClFN2S. The zero-order valence-electron chi connectivity index (χ0n) is 9.51. The van der Waals surface area contributed by atoms with Crippen molar-refractivity contribution in [1.29, 1.82) is 0 Å². The number of benzene rings is 1.